The maximum atomic E-state index is 12.5. The Morgan fingerprint density at radius 2 is 1.72 bits per heavy atom. The molecule has 0 spiro atoms. The van der Waals surface area contributed by atoms with Crippen LogP contribution in [0.2, 0.25) is 0 Å². The van der Waals surface area contributed by atoms with Crippen LogP contribution in [0.1, 0.15) is 27.7 Å². The maximum absolute atomic E-state index is 12.5. The molecule has 160 valence electrons. The number of ketones is 1. The minimum Gasteiger partial charge on any atom is -0.497 e. The molecular weight excluding hydrogens is 402 g/mol. The summed E-state index contributed by atoms with van der Waals surface area (Å²) < 4.78 is 5.23. The highest BCUT2D eigenvalue weighted by Crippen LogP contribution is 2.27. The number of carbonyl (C=O) groups is 1. The monoisotopic (exact) mass is 425 g/mol. The molecule has 0 bridgehead atoms. The molecule has 1 aliphatic heterocycles. The van der Waals surface area contributed by atoms with Gasteiger partial charge in [0.2, 0.25) is 5.78 Å². The zero-order valence-electron chi connectivity index (χ0n) is 17.9. The van der Waals surface area contributed by atoms with E-state index in [1.807, 2.05) is 48.4 Å². The van der Waals surface area contributed by atoms with Gasteiger partial charge in [-0.15, -0.1) is 0 Å². The number of hydrogen-bond acceptors (Lipinski definition) is 5. The van der Waals surface area contributed by atoms with E-state index in [9.17, 15) is 4.79 Å². The van der Waals surface area contributed by atoms with E-state index in [0.29, 0.717) is 12.2 Å². The molecule has 32 heavy (non-hydrogen) atoms. The van der Waals surface area contributed by atoms with Crippen LogP contribution in [0.15, 0.2) is 60.9 Å². The third-order valence-electron chi connectivity index (χ3n) is 5.54. The minimum atomic E-state index is -0.0210. The Kier molecular flexibility index (Phi) is 5.07. The fraction of sp³-hybridized carbons (Fsp3) is 0.160. The zero-order valence-corrected chi connectivity index (χ0v) is 17.9. The van der Waals surface area contributed by atoms with Gasteiger partial charge >= 0.3 is 0 Å². The first-order valence-corrected chi connectivity index (χ1v) is 10.4. The number of aromatic nitrogens is 4. The topological polar surface area (TPSA) is 86.9 Å². The van der Waals surface area contributed by atoms with Gasteiger partial charge in [-0.05, 0) is 36.3 Å². The number of imidazole rings is 2. The molecule has 7 nitrogen and oxygen atoms in total. The van der Waals surface area contributed by atoms with Gasteiger partial charge in [-0.3, -0.25) is 4.79 Å². The number of aromatic amines is 2. The smallest absolute Gasteiger partial charge is 0.201 e. The van der Waals surface area contributed by atoms with Crippen molar-refractivity contribution in [3.05, 3.63) is 83.8 Å². The van der Waals surface area contributed by atoms with E-state index in [1.54, 1.807) is 13.3 Å². The summed E-state index contributed by atoms with van der Waals surface area (Å²) in [7, 11) is 1.67. The number of fused-ring (bicyclic) bond motifs is 1. The molecule has 2 aromatic heterocycles. The highest BCUT2D eigenvalue weighted by Gasteiger charge is 2.19. The molecule has 2 N–H and O–H groups in total. The number of methoxy groups -OCH3 is 1. The molecule has 7 heteroatoms. The molecule has 0 aliphatic carbocycles. The minimum absolute atomic E-state index is 0.0210. The van der Waals surface area contributed by atoms with Crippen LogP contribution >= 0.6 is 0 Å². The second-order valence-electron chi connectivity index (χ2n) is 7.77. The Bertz CT molecular complexity index is 1280. The summed E-state index contributed by atoms with van der Waals surface area (Å²) >= 11 is 0. The molecule has 0 saturated carbocycles. The highest BCUT2D eigenvalue weighted by molar-refractivity contribution is 5.95. The van der Waals surface area contributed by atoms with Crippen molar-refractivity contribution in [1.82, 2.24) is 24.8 Å². The molecule has 3 heterocycles. The number of nitrogens with zero attached hydrogens (tertiary/aromatic N) is 3. The number of nitrogens with one attached hydrogen (secondary N) is 2. The van der Waals surface area contributed by atoms with E-state index in [0.717, 1.165) is 45.5 Å². The van der Waals surface area contributed by atoms with Crippen LogP contribution in [0.25, 0.3) is 28.6 Å². The summed E-state index contributed by atoms with van der Waals surface area (Å²) in [5, 5.41) is 0. The lowest BCUT2D eigenvalue weighted by Gasteiger charge is -2.21. The summed E-state index contributed by atoms with van der Waals surface area (Å²) in [5.41, 5.74) is 5.63. The number of rotatable bonds is 6. The lowest BCUT2D eigenvalue weighted by molar-refractivity contribution is 0.0947. The molecule has 1 aliphatic rings. The number of Topliss-reactive ketones (excluding diaryl/α,β-unsaturated/α-hetero) is 1. The van der Waals surface area contributed by atoms with Crippen molar-refractivity contribution >= 4 is 11.9 Å². The van der Waals surface area contributed by atoms with Gasteiger partial charge in [0.1, 0.15) is 23.1 Å². The van der Waals surface area contributed by atoms with E-state index in [4.69, 9.17) is 9.72 Å². The lowest BCUT2D eigenvalue weighted by atomic mass is 10.0. The third kappa shape index (κ3) is 3.92. The Labute approximate surface area is 185 Å². The van der Waals surface area contributed by atoms with Crippen LogP contribution in [-0.4, -0.2) is 44.3 Å². The lowest BCUT2D eigenvalue weighted by Crippen LogP contribution is -2.27. The number of hydrogen-bond donors (Lipinski definition) is 2. The van der Waals surface area contributed by atoms with Crippen molar-refractivity contribution in [2.24, 2.45) is 0 Å². The third-order valence-corrected chi connectivity index (χ3v) is 5.54. The number of aryl methyl sites for hydroxylation is 1. The number of ether oxygens (including phenoxy) is 1. The fourth-order valence-corrected chi connectivity index (χ4v) is 3.78. The molecule has 0 saturated heterocycles. The summed E-state index contributed by atoms with van der Waals surface area (Å²) in [6.07, 6.45) is 5.54. The van der Waals surface area contributed by atoms with Gasteiger partial charge in [-0.25, -0.2) is 9.97 Å². The summed E-state index contributed by atoms with van der Waals surface area (Å²) in [6, 6.07) is 16.3. The number of H-pyrrole nitrogens is 2. The first kappa shape index (κ1) is 19.8. The number of carbonyl (C=O) groups excluding carboxylic acids is 1. The Balaban J connectivity index is 1.29. The first-order valence-electron chi connectivity index (χ1n) is 10.4. The molecule has 4 aromatic rings. The molecule has 2 aromatic carbocycles. The van der Waals surface area contributed by atoms with Gasteiger partial charge in [0.25, 0.3) is 0 Å². The Hall–Kier alpha value is -4.13. The van der Waals surface area contributed by atoms with Gasteiger partial charge in [-0.1, -0.05) is 36.4 Å². The van der Waals surface area contributed by atoms with E-state index in [2.05, 4.69) is 39.2 Å². The van der Waals surface area contributed by atoms with Crippen molar-refractivity contribution in [1.29, 1.82) is 0 Å². The second-order valence-corrected chi connectivity index (χ2v) is 7.77. The molecule has 0 radical (unpaired) electrons. The molecule has 0 fully saturated rings. The predicted molar refractivity (Wildman–Crippen MR) is 123 cm³/mol. The largest absolute Gasteiger partial charge is 0.497 e. The maximum Gasteiger partial charge on any atom is 0.201 e. The van der Waals surface area contributed by atoms with Gasteiger partial charge in [0.05, 0.1) is 31.6 Å². The summed E-state index contributed by atoms with van der Waals surface area (Å²) in [6.45, 7) is 2.67. The molecule has 0 unspecified atom stereocenters. The van der Waals surface area contributed by atoms with E-state index < -0.39 is 0 Å². The first-order chi connectivity index (χ1) is 15.6. The molecule has 0 amide bonds. The van der Waals surface area contributed by atoms with E-state index in [1.165, 1.54) is 0 Å². The van der Waals surface area contributed by atoms with E-state index >= 15 is 0 Å². The van der Waals surface area contributed by atoms with Gasteiger partial charge in [-0.2, -0.15) is 0 Å². The molecule has 5 rings (SSSR count). The van der Waals surface area contributed by atoms with Crippen LogP contribution in [0.4, 0.5) is 0 Å². The van der Waals surface area contributed by atoms with Crippen molar-refractivity contribution in [3.63, 3.8) is 0 Å². The SMILES string of the molecule is COc1ccc(-c2ccc(-c3nc4c([nH]3)C=CN(CC(=O)c3c[nH]c(C)n3)C4)cc2)cc1. The Morgan fingerprint density at radius 3 is 2.38 bits per heavy atom. The standard InChI is InChI=1S/C25H23N5O2/c1-16-26-13-22(27-16)24(31)15-30-12-11-21-23(14-30)29-25(28-21)19-5-3-17(4-6-19)18-7-9-20(32-2)10-8-18/h3-13H,14-15H2,1-2H3,(H,26,27)(H,28,29). The van der Waals surface area contributed by atoms with Crippen molar-refractivity contribution in [3.8, 4) is 28.3 Å². The van der Waals surface area contributed by atoms with Crippen molar-refractivity contribution in [2.75, 3.05) is 13.7 Å². The molecular formula is C25H23N5O2. The second kappa shape index (κ2) is 8.19. The van der Waals surface area contributed by atoms with Gasteiger partial charge in [0, 0.05) is 18.0 Å². The van der Waals surface area contributed by atoms with Crippen LogP contribution in [0.5, 0.6) is 5.75 Å². The summed E-state index contributed by atoms with van der Waals surface area (Å²) in [4.78, 5) is 29.7. The highest BCUT2D eigenvalue weighted by atomic mass is 16.5. The average Bonchev–Trinajstić information content (AvgIpc) is 3.45. The van der Waals surface area contributed by atoms with Crippen LogP contribution in [0, 0.1) is 6.92 Å². The summed E-state index contributed by atoms with van der Waals surface area (Å²) in [5.74, 6) is 2.37. The van der Waals surface area contributed by atoms with Crippen molar-refractivity contribution in [2.45, 2.75) is 13.5 Å². The van der Waals surface area contributed by atoms with Gasteiger partial charge < -0.3 is 19.6 Å². The van der Waals surface area contributed by atoms with Crippen LogP contribution in [0.3, 0.4) is 0 Å². The average molecular weight is 425 g/mol. The molecule has 0 atom stereocenters. The zero-order chi connectivity index (χ0) is 22.1. The fourth-order valence-electron chi connectivity index (χ4n) is 3.78. The van der Waals surface area contributed by atoms with Crippen LogP contribution < -0.4 is 4.74 Å². The van der Waals surface area contributed by atoms with Crippen LogP contribution in [-0.2, 0) is 6.54 Å². The quantitative estimate of drug-likeness (QED) is 0.446. The van der Waals surface area contributed by atoms with Gasteiger partial charge in [0.15, 0.2) is 0 Å². The Morgan fingerprint density at radius 1 is 1.03 bits per heavy atom. The van der Waals surface area contributed by atoms with Crippen molar-refractivity contribution < 1.29 is 9.53 Å². The normalized spacial score (nSPS) is 12.6. The van der Waals surface area contributed by atoms with E-state index in [-0.39, 0.29) is 12.3 Å². The predicted octanol–water partition coefficient (Wildman–Crippen LogP) is 4.45. The number of benzene rings is 2.